The van der Waals surface area contributed by atoms with Crippen LogP contribution in [0.2, 0.25) is 0 Å². The molecule has 0 aliphatic rings. The molecule has 0 aromatic heterocycles. The van der Waals surface area contributed by atoms with Gasteiger partial charge in [0.05, 0.1) is 6.61 Å². The Labute approximate surface area is 83.0 Å². The van der Waals surface area contributed by atoms with Crippen LogP contribution in [0, 0.1) is 0 Å². The van der Waals surface area contributed by atoms with Gasteiger partial charge in [-0.05, 0) is 6.42 Å². The van der Waals surface area contributed by atoms with E-state index in [9.17, 15) is 9.46 Å². The Balaban J connectivity index is 0. The Morgan fingerprint density at radius 1 is 1.70 bits per heavy atom. The van der Waals surface area contributed by atoms with Gasteiger partial charge in [-0.1, -0.05) is 13.3 Å². The monoisotopic (exact) mass is 175 g/mol. The average Bonchev–Trinajstić information content (AvgIpc) is 1.63. The first-order valence-electron chi connectivity index (χ1n) is 2.80. The number of unbranched alkanes of at least 4 members (excludes halogenated alkanes) is 1. The Bertz CT molecular complexity index is 115. The normalized spacial score (nSPS) is 15.5. The number of nitrogens with two attached hydrogens (primary N) is 1. The van der Waals surface area contributed by atoms with Crippen molar-refractivity contribution in [3.8, 4) is 0 Å². The molecule has 10 heavy (non-hydrogen) atoms. The summed E-state index contributed by atoms with van der Waals surface area (Å²) in [5, 5.41) is 0. The minimum absolute atomic E-state index is 0. The van der Waals surface area contributed by atoms with Crippen LogP contribution in [0.15, 0.2) is 0 Å². The van der Waals surface area contributed by atoms with Crippen LogP contribution in [0.4, 0.5) is 0 Å². The summed E-state index contributed by atoms with van der Waals surface area (Å²) in [4.78, 5) is 10.1. The molecule has 0 spiro atoms. The van der Waals surface area contributed by atoms with Crippen molar-refractivity contribution in [2.24, 2.45) is 5.50 Å². The molecule has 0 aliphatic heterocycles. The van der Waals surface area contributed by atoms with E-state index >= 15 is 0 Å². The number of hydrogen-bond donors (Lipinski definition) is 1. The number of hydrogen-bond acceptors (Lipinski definition) is 3. The molecule has 0 aromatic rings. The van der Waals surface area contributed by atoms with Crippen molar-refractivity contribution >= 4 is 7.75 Å². The third-order valence-corrected chi connectivity index (χ3v) is 1.31. The second-order valence-corrected chi connectivity index (χ2v) is 3.06. The van der Waals surface area contributed by atoms with Gasteiger partial charge in [-0.3, -0.25) is 10.1 Å². The van der Waals surface area contributed by atoms with E-state index in [0.717, 1.165) is 12.8 Å². The van der Waals surface area contributed by atoms with Gasteiger partial charge in [0.25, 0.3) is 0 Å². The van der Waals surface area contributed by atoms with E-state index in [2.05, 4.69) is 10.0 Å². The van der Waals surface area contributed by atoms with Crippen LogP contribution in [0.1, 0.15) is 19.8 Å². The van der Waals surface area contributed by atoms with Crippen LogP contribution in [-0.2, 0) is 9.09 Å². The molecule has 0 aromatic carbocycles. The zero-order valence-corrected chi connectivity index (χ0v) is 9.27. The zero-order chi connectivity index (χ0) is 7.33. The van der Waals surface area contributed by atoms with Gasteiger partial charge in [0, 0.05) is 0 Å². The SMILES string of the molecule is CCCCOP(N)(=O)[O-].[Na+]. The van der Waals surface area contributed by atoms with Gasteiger partial charge in [0.15, 0.2) is 0 Å². The van der Waals surface area contributed by atoms with E-state index in [1.54, 1.807) is 0 Å². The first-order valence-corrected chi connectivity index (χ1v) is 4.41. The molecule has 0 rings (SSSR count). The second-order valence-electron chi connectivity index (χ2n) is 1.73. The molecule has 1 atom stereocenters. The first-order chi connectivity index (χ1) is 4.06. The maximum absolute atomic E-state index is 10.1. The summed E-state index contributed by atoms with van der Waals surface area (Å²) in [6.45, 7) is 2.14. The molecule has 0 fully saturated rings. The van der Waals surface area contributed by atoms with Crippen LogP contribution >= 0.6 is 7.75 Å². The molecule has 2 N–H and O–H groups in total. The van der Waals surface area contributed by atoms with E-state index in [0.29, 0.717) is 0 Å². The van der Waals surface area contributed by atoms with Crippen molar-refractivity contribution in [3.63, 3.8) is 0 Å². The van der Waals surface area contributed by atoms with Crippen molar-refractivity contribution in [1.29, 1.82) is 0 Å². The summed E-state index contributed by atoms with van der Waals surface area (Å²) in [5.41, 5.74) is 4.55. The molecule has 0 saturated heterocycles. The van der Waals surface area contributed by atoms with E-state index in [-0.39, 0.29) is 36.2 Å². The minimum Gasteiger partial charge on any atom is -0.766 e. The summed E-state index contributed by atoms with van der Waals surface area (Å²) >= 11 is 0. The standard InChI is InChI=1S/C4H12NO3P.Na/c1-2-3-4-8-9(5,6)7;/h2-4H2,1H3,(H3,5,6,7);/q;+1/p-1. The smallest absolute Gasteiger partial charge is 0.766 e. The van der Waals surface area contributed by atoms with Gasteiger partial charge < -0.3 is 9.42 Å². The van der Waals surface area contributed by atoms with Gasteiger partial charge in [0.2, 0.25) is 7.75 Å². The van der Waals surface area contributed by atoms with E-state index < -0.39 is 7.75 Å². The molecular weight excluding hydrogens is 164 g/mol. The van der Waals surface area contributed by atoms with E-state index in [4.69, 9.17) is 0 Å². The van der Waals surface area contributed by atoms with Crippen LogP contribution in [0.25, 0.3) is 0 Å². The van der Waals surface area contributed by atoms with E-state index in [1.165, 1.54) is 0 Å². The van der Waals surface area contributed by atoms with Crippen LogP contribution in [0.3, 0.4) is 0 Å². The molecule has 0 bridgehead atoms. The predicted octanol–water partition coefficient (Wildman–Crippen LogP) is -2.77. The molecule has 0 aliphatic carbocycles. The molecule has 0 amide bonds. The van der Waals surface area contributed by atoms with Crippen molar-refractivity contribution in [2.75, 3.05) is 6.61 Å². The average molecular weight is 175 g/mol. The van der Waals surface area contributed by atoms with Crippen LogP contribution < -0.4 is 40.0 Å². The molecule has 0 heterocycles. The topological polar surface area (TPSA) is 75.4 Å². The summed E-state index contributed by atoms with van der Waals surface area (Å²) in [6, 6.07) is 0. The third kappa shape index (κ3) is 11.9. The summed E-state index contributed by atoms with van der Waals surface area (Å²) in [5.74, 6) is 0. The fraction of sp³-hybridized carbons (Fsp3) is 1.00. The van der Waals surface area contributed by atoms with Gasteiger partial charge in [0.1, 0.15) is 0 Å². The van der Waals surface area contributed by atoms with Crippen LogP contribution in [-0.4, -0.2) is 6.61 Å². The summed E-state index contributed by atoms with van der Waals surface area (Å²) in [7, 11) is -3.95. The Morgan fingerprint density at radius 3 is 2.50 bits per heavy atom. The van der Waals surface area contributed by atoms with E-state index in [1.807, 2.05) is 6.92 Å². The molecule has 4 nitrogen and oxygen atoms in total. The Morgan fingerprint density at radius 2 is 2.20 bits per heavy atom. The first kappa shape index (κ1) is 13.7. The third-order valence-electron chi connectivity index (χ3n) is 0.769. The van der Waals surface area contributed by atoms with Crippen LogP contribution in [0.5, 0.6) is 0 Å². The van der Waals surface area contributed by atoms with Crippen molar-refractivity contribution in [2.45, 2.75) is 19.8 Å². The molecule has 0 radical (unpaired) electrons. The Kier molecular flexibility index (Phi) is 9.30. The van der Waals surface area contributed by atoms with Crippen molar-refractivity contribution < 1.29 is 43.5 Å². The molecule has 6 heteroatoms. The van der Waals surface area contributed by atoms with Gasteiger partial charge >= 0.3 is 29.6 Å². The molecule has 0 saturated carbocycles. The number of rotatable bonds is 4. The van der Waals surface area contributed by atoms with Gasteiger partial charge in [-0.2, -0.15) is 0 Å². The predicted molar refractivity (Wildman–Crippen MR) is 32.7 cm³/mol. The minimum atomic E-state index is -3.95. The van der Waals surface area contributed by atoms with Crippen molar-refractivity contribution in [3.05, 3.63) is 0 Å². The largest absolute Gasteiger partial charge is 1.00 e. The molecular formula is C4H11NNaO3P. The molecule has 1 unspecified atom stereocenters. The maximum Gasteiger partial charge on any atom is 1.00 e. The fourth-order valence-corrected chi connectivity index (χ4v) is 0.720. The van der Waals surface area contributed by atoms with Gasteiger partial charge in [-0.25, -0.2) is 0 Å². The zero-order valence-electron chi connectivity index (χ0n) is 6.37. The fourth-order valence-electron chi connectivity index (χ4n) is 0.336. The van der Waals surface area contributed by atoms with Gasteiger partial charge in [-0.15, -0.1) is 0 Å². The van der Waals surface area contributed by atoms with Crippen molar-refractivity contribution in [1.82, 2.24) is 0 Å². The maximum atomic E-state index is 10.1. The summed E-state index contributed by atoms with van der Waals surface area (Å²) in [6.07, 6.45) is 1.63. The Hall–Kier alpha value is 1.11. The second kappa shape index (κ2) is 6.80. The summed E-state index contributed by atoms with van der Waals surface area (Å²) < 4.78 is 14.3. The molecule has 56 valence electrons. The quantitative estimate of drug-likeness (QED) is 0.285.